The minimum atomic E-state index is -1.37. The number of likely N-dealkylation sites (tertiary alicyclic amines) is 1. The van der Waals surface area contributed by atoms with E-state index in [0.717, 1.165) is 70.6 Å². The Bertz CT molecular complexity index is 3450. The Kier molecular flexibility index (Phi) is 62.5. The Morgan fingerprint density at radius 3 is 0.875 bits per heavy atom. The molecule has 0 aromatic rings. The van der Waals surface area contributed by atoms with Gasteiger partial charge in [-0.05, 0) is 18.8 Å². The van der Waals surface area contributed by atoms with Gasteiger partial charge in [0.2, 0.25) is 94.5 Å². The summed E-state index contributed by atoms with van der Waals surface area (Å²) in [6.45, 7) is -8.43. The van der Waals surface area contributed by atoms with E-state index in [1.807, 2.05) is 13.8 Å². The van der Waals surface area contributed by atoms with Crippen LogP contribution in [-0.4, -0.2) is 523 Å². The average molecular weight is 1860 g/mol. The number of hydrogen-bond acceptors (Lipinski definition) is 31. The standard InChI is InChI=1S/C80H139N15O32S/c1-60(2)57-127-58-61(96)59-128-62-44-66(100)95(80(62)116)23-17-64(98)82-20-15-13-14-16-65(99)86(25-35-118-4)48-72(106)87(26-36-119-5)49-67(101)83(21-18-78(112)113)46-71(105)91(30-40-123-9)53-75(109)93(32-42-125-11)55-77(111)94(33-43-126-12)56-76(110)92(31-41-124-10)54-73(107)88(27-37-120-6)50-68(102)84(22-19-79(114)115)47-70(104)90(29-39-122-8)52-74(108)89(28-38-121-7)51-69(103)85(24-34-117-3)45-63(81)97/h60-62,96H,13-59H2,1-12H3,(H2,81,97)(H,82,98)(H,112,113)(H,114,115). The molecule has 0 aromatic heterocycles. The predicted octanol–water partition coefficient (Wildman–Crippen LogP) is -6.21. The van der Waals surface area contributed by atoms with Crippen LogP contribution in [0, 0.1) is 5.92 Å². The SMILES string of the molecule is COCCN(CC(N)=O)C(=O)CN(CCOC)C(=O)CN(CCOC)C(=O)CN(CCC(=O)O)C(=O)CN(CCOC)C(=O)CN(CCOC)C(=O)CN(CCOC)C(=O)CN(CCOC)C(=O)CN(CCOC)C(=O)CN(CCC(=O)O)C(=O)CN(CCOC)C(=O)CN(CCOC)C(=O)CCCCCNC(=O)CCN1C(=O)CC(SCC(O)COCC(C)C)C1=O. The molecule has 1 fully saturated rings. The number of aliphatic hydroxyl groups excluding tert-OH is 1. The number of unbranched alkanes of at least 4 members (excludes halogenated alkanes) is 2. The Balaban J connectivity index is 3.46. The Labute approximate surface area is 752 Å². The molecule has 1 aliphatic heterocycles. The third-order valence-corrected chi connectivity index (χ3v) is 20.8. The van der Waals surface area contributed by atoms with Crippen LogP contribution >= 0.6 is 11.8 Å². The van der Waals surface area contributed by atoms with Crippen molar-refractivity contribution < 1.29 is 154 Å². The van der Waals surface area contributed by atoms with E-state index in [1.54, 1.807) is 0 Å². The zero-order valence-corrected chi connectivity index (χ0v) is 77.3. The number of amides is 16. The van der Waals surface area contributed by atoms with Gasteiger partial charge in [0.1, 0.15) is 0 Å². The molecule has 48 heteroatoms. The summed E-state index contributed by atoms with van der Waals surface area (Å²) in [6, 6.07) is 0. The summed E-state index contributed by atoms with van der Waals surface area (Å²) in [6.07, 6.45) is -1.17. The Morgan fingerprint density at radius 1 is 0.367 bits per heavy atom. The van der Waals surface area contributed by atoms with Crippen molar-refractivity contribution >= 4 is 118 Å². The van der Waals surface area contributed by atoms with Gasteiger partial charge in [-0.15, -0.1) is 11.8 Å². The van der Waals surface area contributed by atoms with Crippen LogP contribution in [0.25, 0.3) is 0 Å². The number of carboxylic acid groups (broad SMARTS) is 2. The summed E-state index contributed by atoms with van der Waals surface area (Å²) in [4.78, 5) is 259. The molecule has 2 unspecified atom stereocenters. The van der Waals surface area contributed by atoms with Gasteiger partial charge in [-0.2, -0.15) is 0 Å². The van der Waals surface area contributed by atoms with Crippen LogP contribution < -0.4 is 11.1 Å². The smallest absolute Gasteiger partial charge is 0.305 e. The highest BCUT2D eigenvalue weighted by Crippen LogP contribution is 2.26. The highest BCUT2D eigenvalue weighted by Gasteiger charge is 2.40. The number of ether oxygens (including phenoxy) is 11. The fourth-order valence-corrected chi connectivity index (χ4v) is 13.1. The molecule has 0 bridgehead atoms. The van der Waals surface area contributed by atoms with Crippen molar-refractivity contribution in [3.8, 4) is 0 Å². The van der Waals surface area contributed by atoms with Crippen molar-refractivity contribution in [3.05, 3.63) is 0 Å². The number of carbonyl (C=O) groups excluding carboxylic acids is 16. The molecule has 6 N–H and O–H groups in total. The number of nitrogens with two attached hydrogens (primary N) is 1. The summed E-state index contributed by atoms with van der Waals surface area (Å²) >= 11 is 1.16. The number of thioether (sulfide) groups is 1. The van der Waals surface area contributed by atoms with Crippen LogP contribution in [0.4, 0.5) is 0 Å². The second kappa shape index (κ2) is 68.6. The number of carboxylic acids is 2. The maximum absolute atomic E-state index is 14.6. The topological polar surface area (TPSA) is 550 Å². The molecule has 1 heterocycles. The molecular weight excluding hydrogens is 1720 g/mol. The van der Waals surface area contributed by atoms with Crippen LogP contribution in [-0.2, 0) is 138 Å². The minimum Gasteiger partial charge on any atom is -0.481 e. The summed E-state index contributed by atoms with van der Waals surface area (Å²) in [5.41, 5.74) is 5.38. The number of methoxy groups -OCH3 is 10. The first kappa shape index (κ1) is 117. The lowest BCUT2D eigenvalue weighted by Gasteiger charge is -2.33. The lowest BCUT2D eigenvalue weighted by atomic mass is 10.1. The molecule has 16 amide bonds. The lowest BCUT2D eigenvalue weighted by molar-refractivity contribution is -0.150. The molecule has 128 heavy (non-hydrogen) atoms. The first-order chi connectivity index (χ1) is 61.0. The second-order valence-electron chi connectivity index (χ2n) is 29.9. The van der Waals surface area contributed by atoms with Crippen LogP contribution in [0.15, 0.2) is 0 Å². The number of nitrogens with one attached hydrogen (secondary N) is 1. The van der Waals surface area contributed by atoms with Gasteiger partial charge >= 0.3 is 11.9 Å². The fourth-order valence-electron chi connectivity index (χ4n) is 12.1. The van der Waals surface area contributed by atoms with Crippen molar-refractivity contribution in [3.63, 3.8) is 0 Å². The largest absolute Gasteiger partial charge is 0.481 e. The first-order valence-electron chi connectivity index (χ1n) is 42.0. The number of aliphatic carboxylic acids is 2. The number of rotatable bonds is 76. The number of primary amides is 1. The molecule has 0 aromatic carbocycles. The number of hydrogen-bond donors (Lipinski definition) is 5. The van der Waals surface area contributed by atoms with E-state index in [4.69, 9.17) is 57.8 Å². The monoisotopic (exact) mass is 1850 g/mol. The average Bonchev–Trinajstić information content (AvgIpc) is 1.67. The van der Waals surface area contributed by atoms with Gasteiger partial charge in [-0.1, -0.05) is 20.3 Å². The molecule has 0 radical (unpaired) electrons. The van der Waals surface area contributed by atoms with Crippen molar-refractivity contribution in [1.82, 2.24) is 69.0 Å². The summed E-state index contributed by atoms with van der Waals surface area (Å²) < 4.78 is 57.8. The molecule has 0 saturated carbocycles. The highest BCUT2D eigenvalue weighted by atomic mass is 32.2. The van der Waals surface area contributed by atoms with E-state index >= 15 is 0 Å². The van der Waals surface area contributed by atoms with E-state index in [0.29, 0.717) is 25.9 Å². The van der Waals surface area contributed by atoms with Crippen LogP contribution in [0.2, 0.25) is 0 Å². The van der Waals surface area contributed by atoms with Crippen LogP contribution in [0.1, 0.15) is 65.2 Å². The molecule has 47 nitrogen and oxygen atoms in total. The normalized spacial score (nSPS) is 12.6. The summed E-state index contributed by atoms with van der Waals surface area (Å²) in [5.74, 6) is -14.1. The van der Waals surface area contributed by atoms with Crippen LogP contribution in [0.5, 0.6) is 0 Å². The molecule has 1 aliphatic rings. The van der Waals surface area contributed by atoms with Crippen LogP contribution in [0.3, 0.4) is 0 Å². The zero-order valence-electron chi connectivity index (χ0n) is 76.4. The van der Waals surface area contributed by atoms with Gasteiger partial charge in [0.25, 0.3) is 0 Å². The van der Waals surface area contributed by atoms with E-state index in [9.17, 15) is 102 Å². The zero-order chi connectivity index (χ0) is 96.1. The Morgan fingerprint density at radius 2 is 0.625 bits per heavy atom. The molecule has 0 aliphatic carbocycles. The molecule has 732 valence electrons. The molecule has 0 spiro atoms. The third-order valence-electron chi connectivity index (χ3n) is 19.4. The second-order valence-corrected chi connectivity index (χ2v) is 31.1. The van der Waals surface area contributed by atoms with Gasteiger partial charge in [0.05, 0.1) is 175 Å². The quantitative estimate of drug-likeness (QED) is 0.0279. The van der Waals surface area contributed by atoms with E-state index in [-0.39, 0.29) is 182 Å². The van der Waals surface area contributed by atoms with Crippen molar-refractivity contribution in [2.24, 2.45) is 11.7 Å². The van der Waals surface area contributed by atoms with Gasteiger partial charge < -0.3 is 137 Å². The van der Waals surface area contributed by atoms with Gasteiger partial charge in [-0.25, -0.2) is 0 Å². The number of imide groups is 1. The highest BCUT2D eigenvalue weighted by molar-refractivity contribution is 8.00. The van der Waals surface area contributed by atoms with Crippen molar-refractivity contribution in [2.45, 2.75) is 76.6 Å². The van der Waals surface area contributed by atoms with Gasteiger partial charge in [-0.3, -0.25) is 91.2 Å². The minimum absolute atomic E-state index is 0.0110. The number of nitrogens with zero attached hydrogens (tertiary/aromatic N) is 13. The van der Waals surface area contributed by atoms with E-state index < -0.39 is 222 Å². The molecule has 2 atom stereocenters. The van der Waals surface area contributed by atoms with E-state index in [2.05, 4.69) is 5.32 Å². The molecule has 1 saturated heterocycles. The summed E-state index contributed by atoms with van der Waals surface area (Å²) in [7, 11) is 13.3. The maximum atomic E-state index is 14.6. The lowest BCUT2D eigenvalue weighted by Crippen LogP contribution is -2.54. The first-order valence-corrected chi connectivity index (χ1v) is 43.0. The molecule has 1 rings (SSSR count). The van der Waals surface area contributed by atoms with Crippen molar-refractivity contribution in [1.29, 1.82) is 0 Å². The van der Waals surface area contributed by atoms with Gasteiger partial charge in [0, 0.05) is 194 Å². The van der Waals surface area contributed by atoms with Gasteiger partial charge in [0.15, 0.2) is 0 Å². The molecular formula is C80H139N15O32S. The third kappa shape index (κ3) is 49.3. The number of aliphatic hydroxyl groups is 1. The predicted molar refractivity (Wildman–Crippen MR) is 457 cm³/mol. The Hall–Kier alpha value is -9.47. The number of carbonyl (C=O) groups is 18. The maximum Gasteiger partial charge on any atom is 0.305 e. The summed E-state index contributed by atoms with van der Waals surface area (Å²) in [5, 5.41) is 32.0. The van der Waals surface area contributed by atoms with Crippen molar-refractivity contribution in [2.75, 3.05) is 326 Å². The van der Waals surface area contributed by atoms with E-state index in [1.165, 1.54) is 76.0 Å². The fraction of sp³-hybridized carbons (Fsp3) is 0.775.